The van der Waals surface area contributed by atoms with Crippen LogP contribution >= 0.6 is 0 Å². The summed E-state index contributed by atoms with van der Waals surface area (Å²) in [7, 11) is 0. The van der Waals surface area contributed by atoms with Gasteiger partial charge >= 0.3 is 0 Å². The number of fused-ring (bicyclic) bond motifs is 1. The zero-order valence-electron chi connectivity index (χ0n) is 12.3. The van der Waals surface area contributed by atoms with Crippen LogP contribution in [0.15, 0.2) is 24.4 Å². The number of piperidine rings is 1. The molecule has 106 valence electrons. The summed E-state index contributed by atoms with van der Waals surface area (Å²) in [4.78, 5) is 17.2. The van der Waals surface area contributed by atoms with Crippen LogP contribution in [-0.4, -0.2) is 30.4 Å². The fourth-order valence-electron chi connectivity index (χ4n) is 3.35. The monoisotopic (exact) mass is 271 g/mol. The summed E-state index contributed by atoms with van der Waals surface area (Å²) < 4.78 is 0. The van der Waals surface area contributed by atoms with Crippen LogP contribution in [0.4, 0.5) is 0 Å². The van der Waals surface area contributed by atoms with Crippen LogP contribution in [0.2, 0.25) is 0 Å². The zero-order chi connectivity index (χ0) is 14.1. The third-order valence-electron chi connectivity index (χ3n) is 4.41. The molecule has 2 atom stereocenters. The van der Waals surface area contributed by atoms with E-state index in [2.05, 4.69) is 37.0 Å². The van der Waals surface area contributed by atoms with Gasteiger partial charge in [-0.2, -0.15) is 0 Å². The van der Waals surface area contributed by atoms with Gasteiger partial charge in [0.1, 0.15) is 6.54 Å². The fraction of sp³-hybridized carbons (Fsp3) is 0.471. The largest absolute Gasteiger partial charge is 0.360 e. The van der Waals surface area contributed by atoms with E-state index >= 15 is 0 Å². The summed E-state index contributed by atoms with van der Waals surface area (Å²) in [5, 5.41) is 1.07. The summed E-state index contributed by atoms with van der Waals surface area (Å²) in [6.07, 6.45) is 4.43. The molecule has 1 aromatic heterocycles. The molecule has 1 saturated heterocycles. The van der Waals surface area contributed by atoms with E-state index in [1.165, 1.54) is 23.3 Å². The zero-order valence-corrected chi connectivity index (χ0v) is 12.3. The molecule has 1 unspecified atom stereocenters. The molecular weight excluding hydrogens is 248 g/mol. The molecule has 2 aromatic rings. The van der Waals surface area contributed by atoms with E-state index in [1.54, 1.807) is 0 Å². The van der Waals surface area contributed by atoms with Crippen LogP contribution in [0.1, 0.15) is 35.7 Å². The van der Waals surface area contributed by atoms with Gasteiger partial charge < -0.3 is 9.88 Å². The van der Waals surface area contributed by atoms with Crippen LogP contribution < -0.4 is 4.90 Å². The van der Waals surface area contributed by atoms with Gasteiger partial charge in [-0.3, -0.25) is 4.79 Å². The lowest BCUT2D eigenvalue weighted by atomic mass is 9.99. The van der Waals surface area contributed by atoms with E-state index in [4.69, 9.17) is 0 Å². The quantitative estimate of drug-likeness (QED) is 0.823. The van der Waals surface area contributed by atoms with Crippen molar-refractivity contribution in [2.75, 3.05) is 19.6 Å². The van der Waals surface area contributed by atoms with Crippen molar-refractivity contribution in [2.24, 2.45) is 5.92 Å². The van der Waals surface area contributed by atoms with Gasteiger partial charge in [0, 0.05) is 28.6 Å². The summed E-state index contributed by atoms with van der Waals surface area (Å²) in [6, 6.07) is 6.23. The van der Waals surface area contributed by atoms with Crippen LogP contribution in [0, 0.1) is 12.8 Å². The Kier molecular flexibility index (Phi) is 3.62. The normalized spacial score (nSPS) is 23.1. The molecule has 2 heterocycles. The first-order valence-electron chi connectivity index (χ1n) is 7.58. The second kappa shape index (κ2) is 5.41. The van der Waals surface area contributed by atoms with E-state index in [0.29, 0.717) is 6.54 Å². The summed E-state index contributed by atoms with van der Waals surface area (Å²) >= 11 is 0. The first-order valence-corrected chi connectivity index (χ1v) is 7.58. The van der Waals surface area contributed by atoms with Crippen molar-refractivity contribution in [3.05, 3.63) is 35.5 Å². The number of hydrogen-bond donors (Lipinski definition) is 2. The number of quaternary nitrogens is 1. The minimum atomic E-state index is 0.269. The number of ketones is 1. The highest BCUT2D eigenvalue weighted by atomic mass is 16.1. The van der Waals surface area contributed by atoms with Crippen molar-refractivity contribution in [3.8, 4) is 0 Å². The Morgan fingerprint density at radius 2 is 2.30 bits per heavy atom. The van der Waals surface area contributed by atoms with Gasteiger partial charge in [-0.1, -0.05) is 18.6 Å². The Morgan fingerprint density at radius 3 is 3.10 bits per heavy atom. The number of hydrogen-bond acceptors (Lipinski definition) is 1. The lowest BCUT2D eigenvalue weighted by molar-refractivity contribution is -0.900. The number of aromatic nitrogens is 1. The molecule has 1 aliphatic heterocycles. The van der Waals surface area contributed by atoms with Crippen molar-refractivity contribution in [3.63, 3.8) is 0 Å². The average Bonchev–Trinajstić information content (AvgIpc) is 2.81. The maximum atomic E-state index is 12.6. The van der Waals surface area contributed by atoms with Crippen LogP contribution in [-0.2, 0) is 0 Å². The first-order chi connectivity index (χ1) is 9.63. The number of aromatic amines is 1. The molecule has 0 radical (unpaired) electrons. The van der Waals surface area contributed by atoms with Gasteiger partial charge in [-0.15, -0.1) is 0 Å². The van der Waals surface area contributed by atoms with Crippen LogP contribution in [0.25, 0.3) is 10.9 Å². The third kappa shape index (κ3) is 2.63. The molecule has 0 spiro atoms. The lowest BCUT2D eigenvalue weighted by Gasteiger charge is -2.27. The van der Waals surface area contributed by atoms with Gasteiger partial charge in [0.25, 0.3) is 0 Å². The SMILES string of the molecule is Cc1ccc2[nH]cc(C(=O)C[NH+]3CCC[C@@H](C)C3)c2c1. The van der Waals surface area contributed by atoms with Gasteiger partial charge in [0.2, 0.25) is 5.78 Å². The molecule has 1 aromatic carbocycles. The highest BCUT2D eigenvalue weighted by Crippen LogP contribution is 2.19. The highest BCUT2D eigenvalue weighted by Gasteiger charge is 2.23. The number of carbonyl (C=O) groups excluding carboxylic acids is 1. The number of nitrogens with one attached hydrogen (secondary N) is 2. The Bertz CT molecular complexity index is 629. The summed E-state index contributed by atoms with van der Waals surface area (Å²) in [5.74, 6) is 1.02. The average molecular weight is 271 g/mol. The minimum absolute atomic E-state index is 0.269. The second-order valence-electron chi connectivity index (χ2n) is 6.30. The number of Topliss-reactive ketones (excluding diaryl/α,β-unsaturated/α-hetero) is 1. The number of carbonyl (C=O) groups is 1. The minimum Gasteiger partial charge on any atom is -0.360 e. The number of likely N-dealkylation sites (tertiary alicyclic amines) is 1. The number of benzene rings is 1. The standard InChI is InChI=1S/C17H22N2O/c1-12-5-6-16-14(8-12)15(9-18-16)17(20)11-19-7-3-4-13(2)10-19/h5-6,8-9,13,18H,3-4,7,10-11H2,1-2H3/p+1/t13-/m1/s1. The predicted molar refractivity (Wildman–Crippen MR) is 81.3 cm³/mol. The molecule has 0 bridgehead atoms. The molecule has 0 aliphatic carbocycles. The maximum absolute atomic E-state index is 12.6. The number of rotatable bonds is 3. The molecule has 1 aliphatic rings. The van der Waals surface area contributed by atoms with E-state index in [0.717, 1.165) is 35.5 Å². The molecule has 3 heteroatoms. The predicted octanol–water partition coefficient (Wildman–Crippen LogP) is 1.97. The van der Waals surface area contributed by atoms with E-state index in [1.807, 2.05) is 6.20 Å². The van der Waals surface area contributed by atoms with E-state index in [-0.39, 0.29) is 5.78 Å². The van der Waals surface area contributed by atoms with Crippen molar-refractivity contribution < 1.29 is 9.69 Å². The Labute approximate surface area is 120 Å². The highest BCUT2D eigenvalue weighted by molar-refractivity contribution is 6.08. The Morgan fingerprint density at radius 1 is 1.45 bits per heavy atom. The third-order valence-corrected chi connectivity index (χ3v) is 4.41. The molecule has 2 N–H and O–H groups in total. The molecule has 20 heavy (non-hydrogen) atoms. The molecule has 3 nitrogen and oxygen atoms in total. The van der Waals surface area contributed by atoms with Crippen LogP contribution in [0.3, 0.4) is 0 Å². The van der Waals surface area contributed by atoms with Crippen LogP contribution in [0.5, 0.6) is 0 Å². The topological polar surface area (TPSA) is 37.3 Å². The molecule has 0 amide bonds. The maximum Gasteiger partial charge on any atom is 0.219 e. The summed E-state index contributed by atoms with van der Waals surface area (Å²) in [6.45, 7) is 7.26. The second-order valence-corrected chi connectivity index (χ2v) is 6.30. The molecule has 3 rings (SSSR count). The number of aryl methyl sites for hydroxylation is 1. The van der Waals surface area contributed by atoms with E-state index < -0.39 is 0 Å². The molecule has 1 fully saturated rings. The molecule has 0 saturated carbocycles. The lowest BCUT2D eigenvalue weighted by Crippen LogP contribution is -3.14. The van der Waals surface area contributed by atoms with Gasteiger partial charge in [0.15, 0.2) is 0 Å². The van der Waals surface area contributed by atoms with Crippen molar-refractivity contribution in [1.82, 2.24) is 4.98 Å². The number of H-pyrrole nitrogens is 1. The molecular formula is C17H23N2O+. The Hall–Kier alpha value is -1.61. The smallest absolute Gasteiger partial charge is 0.219 e. The van der Waals surface area contributed by atoms with Gasteiger partial charge in [-0.25, -0.2) is 0 Å². The van der Waals surface area contributed by atoms with Gasteiger partial charge in [-0.05, 0) is 31.9 Å². The summed E-state index contributed by atoms with van der Waals surface area (Å²) in [5.41, 5.74) is 3.11. The van der Waals surface area contributed by atoms with Crippen molar-refractivity contribution in [2.45, 2.75) is 26.7 Å². The fourth-order valence-corrected chi connectivity index (χ4v) is 3.35. The van der Waals surface area contributed by atoms with Gasteiger partial charge in [0.05, 0.1) is 13.1 Å². The van der Waals surface area contributed by atoms with Crippen molar-refractivity contribution >= 4 is 16.7 Å². The van der Waals surface area contributed by atoms with Crippen molar-refractivity contribution in [1.29, 1.82) is 0 Å². The Balaban J connectivity index is 1.80. The first kappa shape index (κ1) is 13.4. The van der Waals surface area contributed by atoms with E-state index in [9.17, 15) is 4.79 Å².